The highest BCUT2D eigenvalue weighted by Gasteiger charge is 2.10. The van der Waals surface area contributed by atoms with Crippen molar-refractivity contribution >= 4 is 31.5 Å². The molecule has 0 saturated carbocycles. The van der Waals surface area contributed by atoms with E-state index >= 15 is 0 Å². The van der Waals surface area contributed by atoms with Crippen LogP contribution in [0.15, 0.2) is 22.7 Å². The first-order valence-electron chi connectivity index (χ1n) is 6.59. The van der Waals surface area contributed by atoms with Crippen LogP contribution in [0.5, 0.6) is 0 Å². The van der Waals surface area contributed by atoms with Crippen molar-refractivity contribution in [2.24, 2.45) is 0 Å². The molecule has 1 aromatic carbocycles. The SMILES string of the molecule is CC(C)NCc1ccc(N(C)CCS(C)(=O)=O)c(Br)c1. The molecule has 1 N–H and O–H groups in total. The van der Waals surface area contributed by atoms with E-state index in [-0.39, 0.29) is 5.75 Å². The molecule has 6 heteroatoms. The maximum Gasteiger partial charge on any atom is 0.149 e. The number of hydrogen-bond acceptors (Lipinski definition) is 4. The van der Waals surface area contributed by atoms with Crippen LogP contribution in [0.25, 0.3) is 0 Å². The van der Waals surface area contributed by atoms with Gasteiger partial charge in [-0.25, -0.2) is 8.42 Å². The summed E-state index contributed by atoms with van der Waals surface area (Å²) in [7, 11) is -1.03. The van der Waals surface area contributed by atoms with Gasteiger partial charge in [0.15, 0.2) is 0 Å². The largest absolute Gasteiger partial charge is 0.373 e. The second-order valence-electron chi connectivity index (χ2n) is 5.37. The molecule has 114 valence electrons. The molecule has 0 aliphatic rings. The summed E-state index contributed by atoms with van der Waals surface area (Å²) < 4.78 is 23.4. The van der Waals surface area contributed by atoms with Gasteiger partial charge in [0.05, 0.1) is 11.4 Å². The summed E-state index contributed by atoms with van der Waals surface area (Å²) in [5.74, 6) is 0.159. The Balaban J connectivity index is 2.72. The Bertz CT molecular complexity index is 544. The molecule has 0 radical (unpaired) electrons. The fourth-order valence-corrected chi connectivity index (χ4v) is 3.05. The molecule has 0 fully saturated rings. The second-order valence-corrected chi connectivity index (χ2v) is 8.49. The van der Waals surface area contributed by atoms with Gasteiger partial charge in [-0.05, 0) is 33.6 Å². The van der Waals surface area contributed by atoms with E-state index in [1.807, 2.05) is 18.0 Å². The van der Waals surface area contributed by atoms with E-state index in [4.69, 9.17) is 0 Å². The first-order valence-corrected chi connectivity index (χ1v) is 9.45. The average Bonchev–Trinajstić information content (AvgIpc) is 2.32. The third-order valence-corrected chi connectivity index (χ3v) is 4.49. The molecule has 0 aliphatic carbocycles. The summed E-state index contributed by atoms with van der Waals surface area (Å²) in [6, 6.07) is 6.60. The van der Waals surface area contributed by atoms with Crippen LogP contribution in [0.4, 0.5) is 5.69 Å². The molecule has 0 bridgehead atoms. The smallest absolute Gasteiger partial charge is 0.149 e. The summed E-state index contributed by atoms with van der Waals surface area (Å²) in [6.07, 6.45) is 1.26. The lowest BCUT2D eigenvalue weighted by Gasteiger charge is -2.21. The molecule has 0 amide bonds. The van der Waals surface area contributed by atoms with Crippen molar-refractivity contribution in [1.29, 1.82) is 0 Å². The van der Waals surface area contributed by atoms with Gasteiger partial charge in [-0.1, -0.05) is 19.9 Å². The molecule has 1 aromatic rings. The van der Waals surface area contributed by atoms with Crippen LogP contribution in [0, 0.1) is 0 Å². The number of benzene rings is 1. The third-order valence-electron chi connectivity index (χ3n) is 2.94. The minimum atomic E-state index is -2.93. The molecule has 4 nitrogen and oxygen atoms in total. The topological polar surface area (TPSA) is 49.4 Å². The monoisotopic (exact) mass is 362 g/mol. The Morgan fingerprint density at radius 1 is 1.35 bits per heavy atom. The number of halogens is 1. The van der Waals surface area contributed by atoms with Crippen LogP contribution >= 0.6 is 15.9 Å². The van der Waals surface area contributed by atoms with Crippen molar-refractivity contribution in [3.8, 4) is 0 Å². The first-order chi connectivity index (χ1) is 9.19. The molecular formula is C14H23BrN2O2S. The zero-order valence-electron chi connectivity index (χ0n) is 12.5. The highest BCUT2D eigenvalue weighted by molar-refractivity contribution is 9.10. The van der Waals surface area contributed by atoms with Gasteiger partial charge in [0.2, 0.25) is 0 Å². The van der Waals surface area contributed by atoms with Crippen molar-refractivity contribution in [1.82, 2.24) is 5.32 Å². The minimum absolute atomic E-state index is 0.159. The normalized spacial score (nSPS) is 11.9. The highest BCUT2D eigenvalue weighted by atomic mass is 79.9. The standard InChI is InChI=1S/C14H23BrN2O2S/c1-11(2)16-10-12-5-6-14(13(15)9-12)17(3)7-8-20(4,18)19/h5-6,9,11,16H,7-8,10H2,1-4H3. The quantitative estimate of drug-likeness (QED) is 0.809. The van der Waals surface area contributed by atoms with Gasteiger partial charge in [0.25, 0.3) is 0 Å². The van der Waals surface area contributed by atoms with Crippen molar-refractivity contribution in [3.05, 3.63) is 28.2 Å². The number of anilines is 1. The lowest BCUT2D eigenvalue weighted by atomic mass is 10.2. The van der Waals surface area contributed by atoms with Crippen molar-refractivity contribution in [2.45, 2.75) is 26.4 Å². The van der Waals surface area contributed by atoms with Crippen molar-refractivity contribution < 1.29 is 8.42 Å². The van der Waals surface area contributed by atoms with Crippen LogP contribution in [0.3, 0.4) is 0 Å². The molecule has 20 heavy (non-hydrogen) atoms. The molecular weight excluding hydrogens is 340 g/mol. The Kier molecular flexibility index (Phi) is 6.48. The number of hydrogen-bond donors (Lipinski definition) is 1. The number of nitrogens with one attached hydrogen (secondary N) is 1. The Morgan fingerprint density at radius 3 is 2.50 bits per heavy atom. The van der Waals surface area contributed by atoms with E-state index in [9.17, 15) is 8.42 Å². The highest BCUT2D eigenvalue weighted by Crippen LogP contribution is 2.26. The van der Waals surface area contributed by atoms with Gasteiger partial charge in [-0.3, -0.25) is 0 Å². The minimum Gasteiger partial charge on any atom is -0.373 e. The van der Waals surface area contributed by atoms with Crippen LogP contribution in [-0.4, -0.2) is 40.1 Å². The molecule has 0 heterocycles. The molecule has 1 rings (SSSR count). The van der Waals surface area contributed by atoms with E-state index in [2.05, 4.69) is 47.2 Å². The number of rotatable bonds is 7. The summed E-state index contributed by atoms with van der Waals surface area (Å²) >= 11 is 3.56. The molecule has 0 aliphatic heterocycles. The van der Waals surface area contributed by atoms with E-state index < -0.39 is 9.84 Å². The number of sulfone groups is 1. The zero-order chi connectivity index (χ0) is 15.3. The maximum absolute atomic E-state index is 11.2. The zero-order valence-corrected chi connectivity index (χ0v) is 14.9. The van der Waals surface area contributed by atoms with E-state index in [0.717, 1.165) is 16.7 Å². The van der Waals surface area contributed by atoms with Crippen LogP contribution < -0.4 is 10.2 Å². The summed E-state index contributed by atoms with van der Waals surface area (Å²) in [4.78, 5) is 1.95. The maximum atomic E-state index is 11.2. The molecule has 0 atom stereocenters. The first kappa shape index (κ1) is 17.5. The van der Waals surface area contributed by atoms with Gasteiger partial charge >= 0.3 is 0 Å². The predicted octanol–water partition coefficient (Wildman–Crippen LogP) is 2.43. The lowest BCUT2D eigenvalue weighted by Crippen LogP contribution is -2.25. The van der Waals surface area contributed by atoms with Gasteiger partial charge in [-0.15, -0.1) is 0 Å². The fraction of sp³-hybridized carbons (Fsp3) is 0.571. The lowest BCUT2D eigenvalue weighted by molar-refractivity contribution is 0.589. The molecule has 0 saturated heterocycles. The van der Waals surface area contributed by atoms with Crippen LogP contribution in [0.1, 0.15) is 19.4 Å². The summed E-state index contributed by atoms with van der Waals surface area (Å²) in [6.45, 7) is 5.54. The molecule has 0 unspecified atom stereocenters. The van der Waals surface area contributed by atoms with Crippen molar-refractivity contribution in [3.63, 3.8) is 0 Å². The fourth-order valence-electron chi connectivity index (χ4n) is 1.72. The van der Waals surface area contributed by atoms with Gasteiger partial charge in [0, 0.05) is 36.9 Å². The second kappa shape index (κ2) is 7.43. The summed E-state index contributed by atoms with van der Waals surface area (Å²) in [5, 5.41) is 3.37. The van der Waals surface area contributed by atoms with E-state index in [0.29, 0.717) is 12.6 Å². The molecule has 0 aromatic heterocycles. The van der Waals surface area contributed by atoms with Gasteiger partial charge in [-0.2, -0.15) is 0 Å². The predicted molar refractivity (Wildman–Crippen MR) is 89.1 cm³/mol. The van der Waals surface area contributed by atoms with Crippen LogP contribution in [0.2, 0.25) is 0 Å². The Labute approximate surface area is 130 Å². The molecule has 0 spiro atoms. The van der Waals surface area contributed by atoms with Crippen LogP contribution in [-0.2, 0) is 16.4 Å². The average molecular weight is 363 g/mol. The third kappa shape index (κ3) is 6.24. The summed E-state index contributed by atoms with van der Waals surface area (Å²) in [5.41, 5.74) is 2.20. The van der Waals surface area contributed by atoms with E-state index in [1.165, 1.54) is 11.8 Å². The Hall–Kier alpha value is -0.590. The Morgan fingerprint density at radius 2 is 2.00 bits per heavy atom. The van der Waals surface area contributed by atoms with Gasteiger partial charge in [0.1, 0.15) is 9.84 Å². The van der Waals surface area contributed by atoms with Crippen molar-refractivity contribution in [2.75, 3.05) is 30.5 Å². The van der Waals surface area contributed by atoms with E-state index in [1.54, 1.807) is 0 Å². The van der Waals surface area contributed by atoms with Gasteiger partial charge < -0.3 is 10.2 Å². The number of nitrogens with zero attached hydrogens (tertiary/aromatic N) is 1.